The van der Waals surface area contributed by atoms with Crippen LogP contribution in [-0.4, -0.2) is 24.3 Å². The minimum atomic E-state index is -3.83. The number of carbonyl (C=O) groups is 1. The maximum absolute atomic E-state index is 12.8. The average molecular weight is 451 g/mol. The van der Waals surface area contributed by atoms with Crippen molar-refractivity contribution in [3.05, 3.63) is 88.9 Å². The van der Waals surface area contributed by atoms with Crippen LogP contribution < -0.4 is 10.0 Å². The number of anilines is 2. The molecule has 2 heterocycles. The standard InChI is InChI=1S/C22H18N4O3S2/c1-15-3-5-16(6-4-15)19-11-14-30-20(19)21(27)25-17-7-9-18(10-8-17)31(28,29)26-22-23-12-2-13-24-22/h2-14H,1H3,(H,25,27)(H,23,24,26). The smallest absolute Gasteiger partial charge is 0.266 e. The molecular weight excluding hydrogens is 432 g/mol. The number of aromatic nitrogens is 2. The van der Waals surface area contributed by atoms with E-state index in [-0.39, 0.29) is 16.8 Å². The number of aryl methyl sites for hydroxylation is 1. The van der Waals surface area contributed by atoms with Gasteiger partial charge < -0.3 is 5.32 Å². The first-order valence-corrected chi connectivity index (χ1v) is 11.6. The van der Waals surface area contributed by atoms with E-state index in [1.807, 2.05) is 42.6 Å². The summed E-state index contributed by atoms with van der Waals surface area (Å²) < 4.78 is 27.3. The lowest BCUT2D eigenvalue weighted by Gasteiger charge is -2.09. The van der Waals surface area contributed by atoms with Crippen LogP contribution in [0.1, 0.15) is 15.2 Å². The van der Waals surface area contributed by atoms with Gasteiger partial charge in [0.15, 0.2) is 0 Å². The molecule has 0 aliphatic heterocycles. The average Bonchev–Trinajstić information content (AvgIpc) is 3.25. The first-order chi connectivity index (χ1) is 14.9. The van der Waals surface area contributed by atoms with Gasteiger partial charge in [0.25, 0.3) is 15.9 Å². The Morgan fingerprint density at radius 3 is 2.29 bits per heavy atom. The van der Waals surface area contributed by atoms with Crippen molar-refractivity contribution in [1.82, 2.24) is 9.97 Å². The van der Waals surface area contributed by atoms with Crippen LogP contribution in [0.3, 0.4) is 0 Å². The maximum Gasteiger partial charge on any atom is 0.266 e. The summed E-state index contributed by atoms with van der Waals surface area (Å²) >= 11 is 1.35. The first-order valence-electron chi connectivity index (χ1n) is 9.28. The Morgan fingerprint density at radius 1 is 0.935 bits per heavy atom. The molecule has 2 N–H and O–H groups in total. The number of thiophene rings is 1. The van der Waals surface area contributed by atoms with Crippen LogP contribution in [0.4, 0.5) is 11.6 Å². The Bertz CT molecular complexity index is 1300. The van der Waals surface area contributed by atoms with E-state index < -0.39 is 10.0 Å². The van der Waals surface area contributed by atoms with Gasteiger partial charge in [0.2, 0.25) is 5.95 Å². The molecule has 156 valence electrons. The Kier molecular flexibility index (Phi) is 5.79. The summed E-state index contributed by atoms with van der Waals surface area (Å²) in [6.07, 6.45) is 2.89. The molecule has 0 spiro atoms. The molecule has 0 aliphatic carbocycles. The van der Waals surface area contributed by atoms with Crippen LogP contribution in [0.5, 0.6) is 0 Å². The summed E-state index contributed by atoms with van der Waals surface area (Å²) in [5.41, 5.74) is 3.46. The van der Waals surface area contributed by atoms with Crippen molar-refractivity contribution >= 4 is 38.9 Å². The summed E-state index contributed by atoms with van der Waals surface area (Å²) in [7, 11) is -3.83. The van der Waals surface area contributed by atoms with Crippen molar-refractivity contribution < 1.29 is 13.2 Å². The maximum atomic E-state index is 12.8. The normalized spacial score (nSPS) is 11.1. The van der Waals surface area contributed by atoms with Gasteiger partial charge in [-0.1, -0.05) is 29.8 Å². The molecule has 0 aliphatic rings. The summed E-state index contributed by atoms with van der Waals surface area (Å²) in [4.78, 5) is 21.1. The highest BCUT2D eigenvalue weighted by Crippen LogP contribution is 2.29. The molecule has 7 nitrogen and oxygen atoms in total. The molecule has 0 bridgehead atoms. The second-order valence-corrected chi connectivity index (χ2v) is 9.28. The SMILES string of the molecule is Cc1ccc(-c2ccsc2C(=O)Nc2ccc(S(=O)(=O)Nc3ncccn3)cc2)cc1. The predicted octanol–water partition coefficient (Wildman–Crippen LogP) is 4.57. The third-order valence-corrected chi connectivity index (χ3v) is 6.71. The van der Waals surface area contributed by atoms with Crippen molar-refractivity contribution in [3.63, 3.8) is 0 Å². The van der Waals surface area contributed by atoms with Crippen molar-refractivity contribution in [2.24, 2.45) is 0 Å². The van der Waals surface area contributed by atoms with Gasteiger partial charge >= 0.3 is 0 Å². The van der Waals surface area contributed by atoms with Gasteiger partial charge in [0.1, 0.15) is 0 Å². The third kappa shape index (κ3) is 4.79. The minimum absolute atomic E-state index is 0.0128. The lowest BCUT2D eigenvalue weighted by atomic mass is 10.0. The molecule has 4 aromatic rings. The van der Waals surface area contributed by atoms with E-state index in [0.29, 0.717) is 10.6 Å². The lowest BCUT2D eigenvalue weighted by Crippen LogP contribution is -2.15. The van der Waals surface area contributed by atoms with Crippen LogP contribution >= 0.6 is 11.3 Å². The monoisotopic (exact) mass is 450 g/mol. The number of amides is 1. The topological polar surface area (TPSA) is 101 Å². The first kappa shape index (κ1) is 20.7. The molecule has 2 aromatic heterocycles. The van der Waals surface area contributed by atoms with Crippen LogP contribution in [0.2, 0.25) is 0 Å². The van der Waals surface area contributed by atoms with Gasteiger partial charge in [0.05, 0.1) is 9.77 Å². The zero-order valence-electron chi connectivity index (χ0n) is 16.4. The summed E-state index contributed by atoms with van der Waals surface area (Å²) in [5, 5.41) is 4.70. The number of benzene rings is 2. The fourth-order valence-corrected chi connectivity index (χ4v) is 4.65. The number of carbonyl (C=O) groups excluding carboxylic acids is 1. The van der Waals surface area contributed by atoms with Crippen LogP contribution in [0, 0.1) is 6.92 Å². The highest BCUT2D eigenvalue weighted by molar-refractivity contribution is 7.92. The molecule has 0 unspecified atom stereocenters. The molecule has 0 saturated heterocycles. The predicted molar refractivity (Wildman–Crippen MR) is 122 cm³/mol. The Balaban J connectivity index is 1.49. The minimum Gasteiger partial charge on any atom is -0.321 e. The van der Waals surface area contributed by atoms with Gasteiger partial charge in [-0.2, -0.15) is 0 Å². The van der Waals surface area contributed by atoms with Gasteiger partial charge in [-0.05, 0) is 54.3 Å². The number of hydrogen-bond acceptors (Lipinski definition) is 6. The van der Waals surface area contributed by atoms with E-state index in [0.717, 1.165) is 16.7 Å². The summed E-state index contributed by atoms with van der Waals surface area (Å²) in [6.45, 7) is 2.01. The lowest BCUT2D eigenvalue weighted by molar-refractivity contribution is 0.103. The molecule has 31 heavy (non-hydrogen) atoms. The molecule has 2 aromatic carbocycles. The van der Waals surface area contributed by atoms with Crippen molar-refractivity contribution in [3.8, 4) is 11.1 Å². The van der Waals surface area contributed by atoms with Crippen LogP contribution in [0.15, 0.2) is 83.3 Å². The molecule has 9 heteroatoms. The fourth-order valence-electron chi connectivity index (χ4n) is 2.88. The van der Waals surface area contributed by atoms with Crippen LogP contribution in [-0.2, 0) is 10.0 Å². The largest absolute Gasteiger partial charge is 0.321 e. The van der Waals surface area contributed by atoms with Gasteiger partial charge in [-0.15, -0.1) is 11.3 Å². The number of nitrogens with zero attached hydrogens (tertiary/aromatic N) is 2. The van der Waals surface area contributed by atoms with Gasteiger partial charge in [-0.25, -0.2) is 23.1 Å². The molecule has 0 radical (unpaired) electrons. The van der Waals surface area contributed by atoms with Crippen molar-refractivity contribution in [2.45, 2.75) is 11.8 Å². The van der Waals surface area contributed by atoms with E-state index in [1.165, 1.54) is 48.0 Å². The van der Waals surface area contributed by atoms with E-state index in [1.54, 1.807) is 6.07 Å². The van der Waals surface area contributed by atoms with E-state index in [9.17, 15) is 13.2 Å². The quantitative estimate of drug-likeness (QED) is 0.448. The van der Waals surface area contributed by atoms with Gasteiger partial charge in [0, 0.05) is 23.6 Å². The molecule has 0 atom stereocenters. The number of hydrogen-bond donors (Lipinski definition) is 2. The molecular formula is C22H18N4O3S2. The van der Waals surface area contributed by atoms with E-state index in [2.05, 4.69) is 20.0 Å². The van der Waals surface area contributed by atoms with Crippen molar-refractivity contribution in [2.75, 3.05) is 10.0 Å². The Morgan fingerprint density at radius 2 is 1.61 bits per heavy atom. The molecule has 1 amide bonds. The van der Waals surface area contributed by atoms with Crippen molar-refractivity contribution in [1.29, 1.82) is 0 Å². The zero-order chi connectivity index (χ0) is 21.8. The molecule has 0 saturated carbocycles. The third-order valence-electron chi connectivity index (χ3n) is 4.45. The van der Waals surface area contributed by atoms with E-state index >= 15 is 0 Å². The highest BCUT2D eigenvalue weighted by atomic mass is 32.2. The summed E-state index contributed by atoms with van der Waals surface area (Å²) in [6, 6.07) is 17.4. The number of nitrogens with one attached hydrogen (secondary N) is 2. The van der Waals surface area contributed by atoms with E-state index in [4.69, 9.17) is 0 Å². The zero-order valence-corrected chi connectivity index (χ0v) is 18.1. The second kappa shape index (κ2) is 8.66. The second-order valence-electron chi connectivity index (χ2n) is 6.69. The highest BCUT2D eigenvalue weighted by Gasteiger charge is 2.17. The Hall–Kier alpha value is -3.56. The molecule has 0 fully saturated rings. The summed E-state index contributed by atoms with van der Waals surface area (Å²) in [5.74, 6) is -0.266. The van der Waals surface area contributed by atoms with Crippen LogP contribution in [0.25, 0.3) is 11.1 Å². The number of sulfonamides is 1. The number of rotatable bonds is 6. The van der Waals surface area contributed by atoms with Gasteiger partial charge in [-0.3, -0.25) is 4.79 Å². The molecule has 4 rings (SSSR count). The Labute approximate surface area is 183 Å². The fraction of sp³-hybridized carbons (Fsp3) is 0.0455.